The molecule has 0 amide bonds. The predicted octanol–water partition coefficient (Wildman–Crippen LogP) is 13.0. The van der Waals surface area contributed by atoms with Crippen molar-refractivity contribution in [1.29, 1.82) is 0 Å². The van der Waals surface area contributed by atoms with Gasteiger partial charge >= 0.3 is 5.97 Å². The Morgan fingerprint density at radius 1 is 0.575 bits per heavy atom. The number of carbonyl (C=O) groups excluding carboxylic acids is 1. The molecule has 0 aromatic rings. The fraction of sp³-hybridized carbons (Fsp3) is 0.921. The van der Waals surface area contributed by atoms with Crippen LogP contribution in [-0.2, 0) is 9.53 Å². The van der Waals surface area contributed by atoms with Crippen LogP contribution < -0.4 is 0 Å². The molecular weight excluding hydrogens is 488 g/mol. The summed E-state index contributed by atoms with van der Waals surface area (Å²) in [5.41, 5.74) is 0. The standard InChI is InChI=1S/C38H74O2/c1-8-10-12-14-16-18-20-31-37(30-19-17-15-13-11-9-2)40-38(39)32-36(7)29-23-28-35(6)27-22-26-34(5)25-21-24-33(3)4/h9,33-37H,2,8,10-32H2,1,3-7H3. The first kappa shape index (κ1) is 39.2. The SMILES string of the molecule is C=CCCCCCCC(CCCCCCCCC)OC(=O)CC(C)CCCC(C)CCCC(C)CCCC(C)C. The molecule has 0 heterocycles. The van der Waals surface area contributed by atoms with E-state index in [0.29, 0.717) is 12.3 Å². The summed E-state index contributed by atoms with van der Waals surface area (Å²) in [5, 5.41) is 0. The number of carbonyl (C=O) groups is 1. The number of allylic oxidation sites excluding steroid dienone is 1. The number of unbranched alkanes of at least 4 members (excludes halogenated alkanes) is 10. The van der Waals surface area contributed by atoms with Crippen LogP contribution in [0.25, 0.3) is 0 Å². The van der Waals surface area contributed by atoms with E-state index in [2.05, 4.69) is 48.1 Å². The Labute approximate surface area is 253 Å². The van der Waals surface area contributed by atoms with Crippen molar-refractivity contribution in [3.05, 3.63) is 12.7 Å². The molecule has 2 heteroatoms. The van der Waals surface area contributed by atoms with Crippen molar-refractivity contribution in [3.63, 3.8) is 0 Å². The molecule has 0 aliphatic rings. The van der Waals surface area contributed by atoms with Gasteiger partial charge in [0.2, 0.25) is 0 Å². The molecule has 0 N–H and O–H groups in total. The van der Waals surface area contributed by atoms with Crippen LogP contribution in [0.1, 0.15) is 196 Å². The Morgan fingerprint density at radius 3 is 1.52 bits per heavy atom. The van der Waals surface area contributed by atoms with E-state index in [1.807, 2.05) is 6.08 Å². The molecule has 0 aliphatic heterocycles. The summed E-state index contributed by atoms with van der Waals surface area (Å²) < 4.78 is 6.08. The zero-order valence-electron chi connectivity index (χ0n) is 28.5. The first-order valence-corrected chi connectivity index (χ1v) is 18.1. The molecule has 4 unspecified atom stereocenters. The van der Waals surface area contributed by atoms with Crippen LogP contribution in [0.3, 0.4) is 0 Å². The first-order chi connectivity index (χ1) is 19.3. The molecule has 0 aliphatic carbocycles. The Bertz CT molecular complexity index is 554. The van der Waals surface area contributed by atoms with Gasteiger partial charge in [0.05, 0.1) is 0 Å². The highest BCUT2D eigenvalue weighted by molar-refractivity contribution is 5.69. The molecule has 40 heavy (non-hydrogen) atoms. The van der Waals surface area contributed by atoms with Crippen molar-refractivity contribution < 1.29 is 9.53 Å². The minimum atomic E-state index is 0.0478. The molecule has 0 bridgehead atoms. The minimum Gasteiger partial charge on any atom is -0.462 e. The fourth-order valence-corrected chi connectivity index (χ4v) is 6.02. The van der Waals surface area contributed by atoms with E-state index < -0.39 is 0 Å². The summed E-state index contributed by atoms with van der Waals surface area (Å²) in [4.78, 5) is 12.8. The van der Waals surface area contributed by atoms with Crippen molar-refractivity contribution >= 4 is 5.97 Å². The Balaban J connectivity index is 4.20. The van der Waals surface area contributed by atoms with Gasteiger partial charge in [0, 0.05) is 6.42 Å². The molecule has 0 rings (SSSR count). The van der Waals surface area contributed by atoms with E-state index in [-0.39, 0.29) is 12.1 Å². The largest absolute Gasteiger partial charge is 0.462 e. The summed E-state index contributed by atoms with van der Waals surface area (Å²) in [6, 6.07) is 0. The van der Waals surface area contributed by atoms with Gasteiger partial charge in [-0.2, -0.15) is 0 Å². The van der Waals surface area contributed by atoms with Crippen LogP contribution in [0.15, 0.2) is 12.7 Å². The van der Waals surface area contributed by atoms with Crippen LogP contribution in [0.5, 0.6) is 0 Å². The number of esters is 1. The molecular formula is C38H74O2. The molecule has 238 valence electrons. The van der Waals surface area contributed by atoms with Crippen molar-refractivity contribution in [2.75, 3.05) is 0 Å². The topological polar surface area (TPSA) is 26.3 Å². The summed E-state index contributed by atoms with van der Waals surface area (Å²) in [7, 11) is 0. The molecule has 0 radical (unpaired) electrons. The summed E-state index contributed by atoms with van der Waals surface area (Å²) in [6.07, 6.45) is 32.0. The summed E-state index contributed by atoms with van der Waals surface area (Å²) in [6.45, 7) is 17.9. The molecule has 2 nitrogen and oxygen atoms in total. The van der Waals surface area contributed by atoms with Crippen molar-refractivity contribution in [1.82, 2.24) is 0 Å². The average Bonchev–Trinajstić information content (AvgIpc) is 2.89. The highest BCUT2D eigenvalue weighted by atomic mass is 16.5. The van der Waals surface area contributed by atoms with E-state index in [0.717, 1.165) is 43.4 Å². The predicted molar refractivity (Wildman–Crippen MR) is 179 cm³/mol. The monoisotopic (exact) mass is 563 g/mol. The summed E-state index contributed by atoms with van der Waals surface area (Å²) in [5.74, 6) is 3.00. The third-order valence-electron chi connectivity index (χ3n) is 8.89. The van der Waals surface area contributed by atoms with Crippen molar-refractivity contribution in [2.24, 2.45) is 23.7 Å². The van der Waals surface area contributed by atoms with Crippen LogP contribution in [0.2, 0.25) is 0 Å². The molecule has 0 fully saturated rings. The van der Waals surface area contributed by atoms with Crippen LogP contribution in [0, 0.1) is 23.7 Å². The summed E-state index contributed by atoms with van der Waals surface area (Å²) >= 11 is 0. The second-order valence-corrected chi connectivity index (χ2v) is 14.0. The lowest BCUT2D eigenvalue weighted by Gasteiger charge is -2.20. The van der Waals surface area contributed by atoms with Gasteiger partial charge in [-0.1, -0.05) is 157 Å². The second kappa shape index (κ2) is 28.3. The van der Waals surface area contributed by atoms with E-state index in [4.69, 9.17) is 4.74 Å². The lowest BCUT2D eigenvalue weighted by molar-refractivity contribution is -0.151. The number of hydrogen-bond donors (Lipinski definition) is 0. The van der Waals surface area contributed by atoms with E-state index in [1.54, 1.807) is 0 Å². The zero-order chi connectivity index (χ0) is 29.8. The zero-order valence-corrected chi connectivity index (χ0v) is 28.5. The van der Waals surface area contributed by atoms with Gasteiger partial charge < -0.3 is 4.74 Å². The van der Waals surface area contributed by atoms with Gasteiger partial charge in [0.1, 0.15) is 6.10 Å². The highest BCUT2D eigenvalue weighted by Crippen LogP contribution is 2.24. The van der Waals surface area contributed by atoms with Gasteiger partial charge in [-0.3, -0.25) is 4.79 Å². The molecule has 0 aromatic heterocycles. The lowest BCUT2D eigenvalue weighted by atomic mass is 9.91. The van der Waals surface area contributed by atoms with Crippen LogP contribution in [0.4, 0.5) is 0 Å². The van der Waals surface area contributed by atoms with Gasteiger partial charge in [-0.05, 0) is 62.2 Å². The lowest BCUT2D eigenvalue weighted by Crippen LogP contribution is -2.20. The van der Waals surface area contributed by atoms with Crippen LogP contribution in [-0.4, -0.2) is 12.1 Å². The van der Waals surface area contributed by atoms with Gasteiger partial charge in [-0.15, -0.1) is 6.58 Å². The third-order valence-corrected chi connectivity index (χ3v) is 8.89. The van der Waals surface area contributed by atoms with Gasteiger partial charge in [0.25, 0.3) is 0 Å². The molecule has 0 spiro atoms. The van der Waals surface area contributed by atoms with E-state index >= 15 is 0 Å². The molecule has 0 saturated carbocycles. The second-order valence-electron chi connectivity index (χ2n) is 14.0. The number of ether oxygens (including phenoxy) is 1. The smallest absolute Gasteiger partial charge is 0.306 e. The average molecular weight is 563 g/mol. The Morgan fingerprint density at radius 2 is 1.02 bits per heavy atom. The molecule has 0 saturated heterocycles. The first-order valence-electron chi connectivity index (χ1n) is 18.1. The fourth-order valence-electron chi connectivity index (χ4n) is 6.02. The van der Waals surface area contributed by atoms with Gasteiger partial charge in [-0.25, -0.2) is 0 Å². The normalized spacial score (nSPS) is 14.7. The van der Waals surface area contributed by atoms with Crippen molar-refractivity contribution in [2.45, 2.75) is 202 Å². The number of hydrogen-bond acceptors (Lipinski definition) is 2. The van der Waals surface area contributed by atoms with E-state index in [9.17, 15) is 4.79 Å². The van der Waals surface area contributed by atoms with E-state index in [1.165, 1.54) is 122 Å². The van der Waals surface area contributed by atoms with Crippen LogP contribution >= 0.6 is 0 Å². The van der Waals surface area contributed by atoms with Crippen molar-refractivity contribution in [3.8, 4) is 0 Å². The quantitative estimate of drug-likeness (QED) is 0.0494. The Kier molecular flexibility index (Phi) is 27.8. The maximum Gasteiger partial charge on any atom is 0.306 e. The maximum atomic E-state index is 12.8. The molecule has 4 atom stereocenters. The highest BCUT2D eigenvalue weighted by Gasteiger charge is 2.17. The minimum absolute atomic E-state index is 0.0478. The Hall–Kier alpha value is -0.790. The third kappa shape index (κ3) is 27.4. The number of rotatable bonds is 30. The molecule has 0 aromatic carbocycles. The van der Waals surface area contributed by atoms with Gasteiger partial charge in [0.15, 0.2) is 0 Å². The maximum absolute atomic E-state index is 12.8.